The Kier molecular flexibility index (Phi) is 5.37. The molecule has 1 rings (SSSR count). The van der Waals surface area contributed by atoms with Crippen molar-refractivity contribution < 1.29 is 9.59 Å². The fourth-order valence-electron chi connectivity index (χ4n) is 2.22. The van der Waals surface area contributed by atoms with Gasteiger partial charge in [0.25, 0.3) is 0 Å². The molecule has 6 heteroatoms. The molecule has 1 heterocycles. The van der Waals surface area contributed by atoms with Gasteiger partial charge >= 0.3 is 6.03 Å². The summed E-state index contributed by atoms with van der Waals surface area (Å²) < 4.78 is 0. The highest BCUT2D eigenvalue weighted by molar-refractivity contribution is 5.96. The maximum Gasteiger partial charge on any atom is 0.318 e. The summed E-state index contributed by atoms with van der Waals surface area (Å²) in [5.74, 6) is 0.368. The first kappa shape index (κ1) is 13.9. The Labute approximate surface area is 102 Å². The number of piperidine rings is 1. The standard InChI is InChI=1S/C11H22N4O2/c1-8(10(16)14-11(12)17)15-5-3-9(4-6-15)7-13-2/h8-9,13H,3-7H2,1-2H3,(H3,12,14,16,17). The number of carbonyl (C=O) groups excluding carboxylic acids is 2. The van der Waals surface area contributed by atoms with E-state index in [1.807, 2.05) is 7.05 Å². The zero-order valence-corrected chi connectivity index (χ0v) is 10.5. The van der Waals surface area contributed by atoms with Gasteiger partial charge in [-0.25, -0.2) is 4.79 Å². The highest BCUT2D eigenvalue weighted by Gasteiger charge is 2.26. The van der Waals surface area contributed by atoms with Crippen molar-refractivity contribution in [3.8, 4) is 0 Å². The van der Waals surface area contributed by atoms with Gasteiger partial charge in [0, 0.05) is 0 Å². The summed E-state index contributed by atoms with van der Waals surface area (Å²) in [7, 11) is 1.95. The van der Waals surface area contributed by atoms with E-state index in [-0.39, 0.29) is 11.9 Å². The molecule has 4 N–H and O–H groups in total. The molecule has 17 heavy (non-hydrogen) atoms. The quantitative estimate of drug-likeness (QED) is 0.620. The van der Waals surface area contributed by atoms with Crippen LogP contribution in [0.5, 0.6) is 0 Å². The van der Waals surface area contributed by atoms with Crippen molar-refractivity contribution in [2.75, 3.05) is 26.7 Å². The molecule has 1 aliphatic rings. The molecule has 3 amide bonds. The number of urea groups is 1. The fraction of sp³-hybridized carbons (Fsp3) is 0.818. The van der Waals surface area contributed by atoms with Crippen LogP contribution in [0, 0.1) is 5.92 Å². The van der Waals surface area contributed by atoms with Crippen LogP contribution in [0.4, 0.5) is 4.79 Å². The lowest BCUT2D eigenvalue weighted by Gasteiger charge is -2.35. The number of hydrogen-bond donors (Lipinski definition) is 3. The van der Waals surface area contributed by atoms with E-state index < -0.39 is 6.03 Å². The first-order chi connectivity index (χ1) is 8.04. The molecule has 1 unspecified atom stereocenters. The van der Waals surface area contributed by atoms with Crippen LogP contribution in [-0.2, 0) is 4.79 Å². The minimum Gasteiger partial charge on any atom is -0.351 e. The van der Waals surface area contributed by atoms with Crippen molar-refractivity contribution in [2.24, 2.45) is 11.7 Å². The molecule has 0 bridgehead atoms. The van der Waals surface area contributed by atoms with Crippen molar-refractivity contribution in [3.63, 3.8) is 0 Å². The average molecular weight is 242 g/mol. The van der Waals surface area contributed by atoms with Crippen molar-refractivity contribution in [1.29, 1.82) is 0 Å². The number of likely N-dealkylation sites (tertiary alicyclic amines) is 1. The number of amides is 3. The number of nitrogens with two attached hydrogens (primary N) is 1. The van der Waals surface area contributed by atoms with Gasteiger partial charge in [-0.1, -0.05) is 0 Å². The zero-order chi connectivity index (χ0) is 12.8. The lowest BCUT2D eigenvalue weighted by Crippen LogP contribution is -2.51. The molecule has 0 aromatic rings. The Morgan fingerprint density at radius 3 is 2.47 bits per heavy atom. The molecular formula is C11H22N4O2. The van der Waals surface area contributed by atoms with Crippen LogP contribution in [-0.4, -0.2) is 49.6 Å². The van der Waals surface area contributed by atoms with E-state index in [0.29, 0.717) is 5.92 Å². The third kappa shape index (κ3) is 4.32. The third-order valence-corrected chi connectivity index (χ3v) is 3.32. The SMILES string of the molecule is CNCC1CCN(C(C)C(=O)NC(N)=O)CC1. The van der Waals surface area contributed by atoms with Gasteiger partial charge in [0.1, 0.15) is 0 Å². The molecule has 0 aromatic carbocycles. The van der Waals surface area contributed by atoms with Crippen molar-refractivity contribution >= 4 is 11.9 Å². The second-order valence-corrected chi connectivity index (χ2v) is 4.57. The number of carbonyl (C=O) groups is 2. The third-order valence-electron chi connectivity index (χ3n) is 3.32. The minimum absolute atomic E-state index is 0.293. The van der Waals surface area contributed by atoms with E-state index in [9.17, 15) is 9.59 Å². The Hall–Kier alpha value is -1.14. The summed E-state index contributed by atoms with van der Waals surface area (Å²) in [5, 5.41) is 5.29. The summed E-state index contributed by atoms with van der Waals surface area (Å²) in [6, 6.07) is -1.08. The van der Waals surface area contributed by atoms with Crippen LogP contribution in [0.3, 0.4) is 0 Å². The Morgan fingerprint density at radius 1 is 1.41 bits per heavy atom. The zero-order valence-electron chi connectivity index (χ0n) is 10.5. The normalized spacial score (nSPS) is 19.9. The molecular weight excluding hydrogens is 220 g/mol. The Bertz CT molecular complexity index is 275. The van der Waals surface area contributed by atoms with E-state index in [1.165, 1.54) is 0 Å². The van der Waals surface area contributed by atoms with Crippen LogP contribution in [0.25, 0.3) is 0 Å². The molecule has 1 saturated heterocycles. The van der Waals surface area contributed by atoms with E-state index in [4.69, 9.17) is 5.73 Å². The maximum atomic E-state index is 11.6. The highest BCUT2D eigenvalue weighted by Crippen LogP contribution is 2.18. The average Bonchev–Trinajstić information content (AvgIpc) is 2.28. The molecule has 0 saturated carbocycles. The van der Waals surface area contributed by atoms with Gasteiger partial charge in [-0.2, -0.15) is 0 Å². The second-order valence-electron chi connectivity index (χ2n) is 4.57. The largest absolute Gasteiger partial charge is 0.351 e. The van der Waals surface area contributed by atoms with Gasteiger partial charge in [0.05, 0.1) is 6.04 Å². The summed E-state index contributed by atoms with van der Waals surface area (Å²) in [5.41, 5.74) is 4.92. The predicted octanol–water partition coefficient (Wildman–Crippen LogP) is -0.499. The topological polar surface area (TPSA) is 87.5 Å². The Morgan fingerprint density at radius 2 is 2.00 bits per heavy atom. The van der Waals surface area contributed by atoms with Gasteiger partial charge in [0.2, 0.25) is 5.91 Å². The first-order valence-corrected chi connectivity index (χ1v) is 6.03. The van der Waals surface area contributed by atoms with E-state index in [1.54, 1.807) is 6.92 Å². The second kappa shape index (κ2) is 6.56. The van der Waals surface area contributed by atoms with Crippen molar-refractivity contribution in [2.45, 2.75) is 25.8 Å². The molecule has 0 spiro atoms. The summed E-state index contributed by atoms with van der Waals surface area (Å²) >= 11 is 0. The lowest BCUT2D eigenvalue weighted by molar-refractivity contribution is -0.125. The molecule has 1 aliphatic heterocycles. The summed E-state index contributed by atoms with van der Waals surface area (Å²) in [4.78, 5) is 24.3. The predicted molar refractivity (Wildman–Crippen MR) is 65.4 cm³/mol. The lowest BCUT2D eigenvalue weighted by atomic mass is 9.96. The molecule has 1 atom stereocenters. The molecule has 0 radical (unpaired) electrons. The van der Waals surface area contributed by atoms with Crippen LogP contribution >= 0.6 is 0 Å². The molecule has 1 fully saturated rings. The summed E-state index contributed by atoms with van der Waals surface area (Å²) in [6.45, 7) is 4.60. The van der Waals surface area contributed by atoms with E-state index in [0.717, 1.165) is 32.5 Å². The fourth-order valence-corrected chi connectivity index (χ4v) is 2.22. The highest BCUT2D eigenvalue weighted by atomic mass is 16.2. The van der Waals surface area contributed by atoms with Crippen molar-refractivity contribution in [3.05, 3.63) is 0 Å². The van der Waals surface area contributed by atoms with Crippen LogP contribution < -0.4 is 16.4 Å². The Balaban J connectivity index is 2.37. The van der Waals surface area contributed by atoms with Crippen molar-refractivity contribution in [1.82, 2.24) is 15.5 Å². The molecule has 0 aromatic heterocycles. The molecule has 0 aliphatic carbocycles. The first-order valence-electron chi connectivity index (χ1n) is 6.03. The van der Waals surface area contributed by atoms with Gasteiger partial charge < -0.3 is 11.1 Å². The number of hydrogen-bond acceptors (Lipinski definition) is 4. The van der Waals surface area contributed by atoms with E-state index >= 15 is 0 Å². The van der Waals surface area contributed by atoms with Crippen LogP contribution in [0.2, 0.25) is 0 Å². The van der Waals surface area contributed by atoms with Crippen LogP contribution in [0.1, 0.15) is 19.8 Å². The maximum absolute atomic E-state index is 11.6. The van der Waals surface area contributed by atoms with Gasteiger partial charge in [-0.15, -0.1) is 0 Å². The smallest absolute Gasteiger partial charge is 0.318 e. The number of primary amides is 1. The van der Waals surface area contributed by atoms with Gasteiger partial charge in [-0.05, 0) is 52.4 Å². The number of rotatable bonds is 4. The summed E-state index contributed by atoms with van der Waals surface area (Å²) in [6.07, 6.45) is 2.16. The monoisotopic (exact) mass is 242 g/mol. The number of nitrogens with zero attached hydrogens (tertiary/aromatic N) is 1. The van der Waals surface area contributed by atoms with E-state index in [2.05, 4.69) is 15.5 Å². The van der Waals surface area contributed by atoms with Gasteiger partial charge in [0.15, 0.2) is 0 Å². The van der Waals surface area contributed by atoms with Crippen LogP contribution in [0.15, 0.2) is 0 Å². The number of imide groups is 1. The van der Waals surface area contributed by atoms with Gasteiger partial charge in [-0.3, -0.25) is 15.0 Å². The molecule has 98 valence electrons. The number of nitrogens with one attached hydrogen (secondary N) is 2. The minimum atomic E-state index is -0.785. The molecule has 6 nitrogen and oxygen atoms in total.